The second kappa shape index (κ2) is 6.87. The number of hydrogen-bond acceptors (Lipinski definition) is 3. The van der Waals surface area contributed by atoms with Gasteiger partial charge in [0.2, 0.25) is 0 Å². The van der Waals surface area contributed by atoms with E-state index in [1.54, 1.807) is 0 Å². The Kier molecular flexibility index (Phi) is 5.45. The summed E-state index contributed by atoms with van der Waals surface area (Å²) in [5.74, 6) is 0. The Morgan fingerprint density at radius 2 is 2.06 bits per heavy atom. The third-order valence-corrected chi connectivity index (χ3v) is 4.49. The van der Waals surface area contributed by atoms with Crippen LogP contribution >= 0.6 is 27.5 Å². The molecule has 2 rings (SSSR count). The molecule has 0 bridgehead atoms. The monoisotopic (exact) mass is 331 g/mol. The van der Waals surface area contributed by atoms with Crippen molar-refractivity contribution in [2.24, 2.45) is 5.73 Å². The van der Waals surface area contributed by atoms with Gasteiger partial charge in [0.1, 0.15) is 0 Å². The van der Waals surface area contributed by atoms with Crippen LogP contribution in [0.3, 0.4) is 0 Å². The quantitative estimate of drug-likeness (QED) is 0.890. The minimum atomic E-state index is 0.150. The number of rotatable bonds is 4. The Bertz CT molecular complexity index is 394. The van der Waals surface area contributed by atoms with Crippen LogP contribution in [0.15, 0.2) is 22.7 Å². The Hall–Kier alpha value is -0.130. The molecule has 1 atom stereocenters. The van der Waals surface area contributed by atoms with E-state index in [1.807, 2.05) is 18.2 Å². The summed E-state index contributed by atoms with van der Waals surface area (Å²) in [6.07, 6.45) is 3.85. The molecule has 0 aromatic heterocycles. The van der Waals surface area contributed by atoms with Crippen molar-refractivity contribution in [2.45, 2.75) is 25.3 Å². The normalized spacial score (nSPS) is 18.8. The van der Waals surface area contributed by atoms with Gasteiger partial charge in [-0.05, 0) is 46.5 Å². The van der Waals surface area contributed by atoms with Gasteiger partial charge >= 0.3 is 0 Å². The van der Waals surface area contributed by atoms with E-state index in [0.717, 1.165) is 22.6 Å². The maximum Gasteiger partial charge on any atom is 0.0587 e. The molecule has 0 radical (unpaired) electrons. The van der Waals surface area contributed by atoms with E-state index >= 15 is 0 Å². The van der Waals surface area contributed by atoms with Crippen LogP contribution in [0.25, 0.3) is 0 Å². The lowest BCUT2D eigenvalue weighted by Gasteiger charge is -2.31. The highest BCUT2D eigenvalue weighted by atomic mass is 79.9. The minimum Gasteiger partial charge on any atom is -0.329 e. The third-order valence-electron chi connectivity index (χ3n) is 3.28. The zero-order valence-electron chi connectivity index (χ0n) is 10.3. The van der Waals surface area contributed by atoms with Crippen LogP contribution in [0.2, 0.25) is 5.02 Å². The number of halogens is 2. The molecule has 3 N–H and O–H groups in total. The predicted octanol–water partition coefficient (Wildman–Crippen LogP) is 3.09. The lowest BCUT2D eigenvalue weighted by Crippen LogP contribution is -2.45. The molecule has 1 saturated heterocycles. The molecule has 18 heavy (non-hydrogen) atoms. The van der Waals surface area contributed by atoms with Crippen molar-refractivity contribution >= 4 is 27.5 Å². The highest BCUT2D eigenvalue weighted by molar-refractivity contribution is 9.10. The van der Waals surface area contributed by atoms with E-state index < -0.39 is 0 Å². The Morgan fingerprint density at radius 3 is 2.67 bits per heavy atom. The summed E-state index contributed by atoms with van der Waals surface area (Å²) in [4.78, 5) is 0. The molecule has 0 amide bonds. The van der Waals surface area contributed by atoms with E-state index in [1.165, 1.54) is 24.8 Å². The summed E-state index contributed by atoms with van der Waals surface area (Å²) in [5, 5.41) is 3.01. The molecule has 1 fully saturated rings. The standard InChI is InChI=1S/C13H19BrClN3/c14-11-8-10(4-5-12(11)15)13(9-16)17-18-6-2-1-3-7-18/h4-5,8,13,17H,1-3,6-7,9,16H2. The smallest absolute Gasteiger partial charge is 0.0587 e. The molecule has 5 heteroatoms. The van der Waals surface area contributed by atoms with Crippen molar-refractivity contribution in [1.82, 2.24) is 10.4 Å². The predicted molar refractivity (Wildman–Crippen MR) is 79.5 cm³/mol. The van der Waals surface area contributed by atoms with E-state index in [4.69, 9.17) is 17.3 Å². The molecule has 0 spiro atoms. The summed E-state index contributed by atoms with van der Waals surface area (Å²) < 4.78 is 0.917. The van der Waals surface area contributed by atoms with Gasteiger partial charge in [-0.1, -0.05) is 24.1 Å². The topological polar surface area (TPSA) is 41.3 Å². The second-order valence-electron chi connectivity index (χ2n) is 4.64. The van der Waals surface area contributed by atoms with Crippen LogP contribution < -0.4 is 11.2 Å². The van der Waals surface area contributed by atoms with E-state index in [9.17, 15) is 0 Å². The Balaban J connectivity index is 2.04. The van der Waals surface area contributed by atoms with Gasteiger partial charge in [-0.2, -0.15) is 0 Å². The number of hydrogen-bond donors (Lipinski definition) is 2. The summed E-state index contributed by atoms with van der Waals surface area (Å²) in [6, 6.07) is 6.12. The summed E-state index contributed by atoms with van der Waals surface area (Å²) in [7, 11) is 0. The molecule has 1 unspecified atom stereocenters. The van der Waals surface area contributed by atoms with Crippen LogP contribution in [-0.4, -0.2) is 24.6 Å². The lowest BCUT2D eigenvalue weighted by atomic mass is 10.1. The summed E-state index contributed by atoms with van der Waals surface area (Å²) in [5.41, 5.74) is 10.6. The molecule has 100 valence electrons. The fourth-order valence-electron chi connectivity index (χ4n) is 2.24. The average Bonchev–Trinajstić information content (AvgIpc) is 2.40. The maximum atomic E-state index is 6.01. The number of nitrogens with two attached hydrogens (primary N) is 1. The first-order valence-electron chi connectivity index (χ1n) is 6.37. The third kappa shape index (κ3) is 3.68. The van der Waals surface area contributed by atoms with Gasteiger partial charge in [0.25, 0.3) is 0 Å². The molecule has 3 nitrogen and oxygen atoms in total. The molecule has 1 aliphatic heterocycles. The van der Waals surface area contributed by atoms with Crippen molar-refractivity contribution in [3.05, 3.63) is 33.3 Å². The van der Waals surface area contributed by atoms with Gasteiger partial charge in [0.15, 0.2) is 0 Å². The SMILES string of the molecule is NCC(NN1CCCCC1)c1ccc(Cl)c(Br)c1. The van der Waals surface area contributed by atoms with Gasteiger partial charge in [0, 0.05) is 24.1 Å². The van der Waals surface area contributed by atoms with Crippen LogP contribution in [0, 0.1) is 0 Å². The molecule has 0 aliphatic carbocycles. The first-order valence-corrected chi connectivity index (χ1v) is 7.54. The number of hydrazine groups is 1. The van der Waals surface area contributed by atoms with E-state index in [-0.39, 0.29) is 6.04 Å². The zero-order valence-corrected chi connectivity index (χ0v) is 12.7. The fraction of sp³-hybridized carbons (Fsp3) is 0.538. The second-order valence-corrected chi connectivity index (χ2v) is 5.90. The highest BCUT2D eigenvalue weighted by Gasteiger charge is 2.16. The molecule has 0 saturated carbocycles. The number of benzene rings is 1. The Morgan fingerprint density at radius 1 is 1.33 bits per heavy atom. The zero-order chi connectivity index (χ0) is 13.0. The number of nitrogens with one attached hydrogen (secondary N) is 1. The highest BCUT2D eigenvalue weighted by Crippen LogP contribution is 2.26. The largest absolute Gasteiger partial charge is 0.329 e. The molecular weight excluding hydrogens is 314 g/mol. The maximum absolute atomic E-state index is 6.01. The Labute approximate surface area is 122 Å². The first-order chi connectivity index (χ1) is 8.70. The van der Waals surface area contributed by atoms with Gasteiger partial charge in [-0.3, -0.25) is 0 Å². The van der Waals surface area contributed by atoms with Crippen molar-refractivity contribution in [2.75, 3.05) is 19.6 Å². The van der Waals surface area contributed by atoms with Crippen LogP contribution in [-0.2, 0) is 0 Å². The summed E-state index contributed by atoms with van der Waals surface area (Å²) >= 11 is 9.47. The van der Waals surface area contributed by atoms with Crippen LogP contribution in [0.5, 0.6) is 0 Å². The van der Waals surface area contributed by atoms with E-state index in [0.29, 0.717) is 6.54 Å². The van der Waals surface area contributed by atoms with Gasteiger partial charge in [-0.15, -0.1) is 0 Å². The molecule has 1 aromatic rings. The first kappa shape index (κ1) is 14.3. The van der Waals surface area contributed by atoms with Crippen LogP contribution in [0.4, 0.5) is 0 Å². The van der Waals surface area contributed by atoms with Crippen molar-refractivity contribution in [3.8, 4) is 0 Å². The van der Waals surface area contributed by atoms with Crippen molar-refractivity contribution in [3.63, 3.8) is 0 Å². The lowest BCUT2D eigenvalue weighted by molar-refractivity contribution is 0.130. The number of nitrogens with zero attached hydrogens (tertiary/aromatic N) is 1. The fourth-order valence-corrected chi connectivity index (χ4v) is 2.75. The molecular formula is C13H19BrClN3. The van der Waals surface area contributed by atoms with Crippen molar-refractivity contribution < 1.29 is 0 Å². The minimum absolute atomic E-state index is 0.150. The average molecular weight is 333 g/mol. The molecule has 1 aliphatic rings. The molecule has 1 heterocycles. The van der Waals surface area contributed by atoms with E-state index in [2.05, 4.69) is 26.4 Å². The van der Waals surface area contributed by atoms with Gasteiger partial charge in [0.05, 0.1) is 11.1 Å². The molecule has 1 aromatic carbocycles. The summed E-state index contributed by atoms with van der Waals surface area (Å²) in [6.45, 7) is 2.78. The van der Waals surface area contributed by atoms with Crippen molar-refractivity contribution in [1.29, 1.82) is 0 Å². The number of piperidine rings is 1. The van der Waals surface area contributed by atoms with Crippen LogP contribution in [0.1, 0.15) is 30.9 Å². The van der Waals surface area contributed by atoms with Gasteiger partial charge < -0.3 is 5.73 Å². The van der Waals surface area contributed by atoms with Gasteiger partial charge in [-0.25, -0.2) is 10.4 Å².